The number of anilines is 1. The highest BCUT2D eigenvalue weighted by Crippen LogP contribution is 2.30. The number of carbonyl (C=O) groups is 1. The van der Waals surface area contributed by atoms with Gasteiger partial charge in [-0.2, -0.15) is 0 Å². The van der Waals surface area contributed by atoms with Crippen LogP contribution in [0.15, 0.2) is 34.3 Å². The minimum atomic E-state index is 0.0192. The number of aromatic nitrogens is 4. The zero-order valence-corrected chi connectivity index (χ0v) is 16.0. The fourth-order valence-electron chi connectivity index (χ4n) is 3.03. The minimum Gasteiger partial charge on any atom is -0.325 e. The van der Waals surface area contributed by atoms with E-state index in [1.54, 1.807) is 23.5 Å². The van der Waals surface area contributed by atoms with Crippen molar-refractivity contribution in [3.63, 3.8) is 0 Å². The molecule has 0 radical (unpaired) electrons. The van der Waals surface area contributed by atoms with Gasteiger partial charge in [-0.1, -0.05) is 43.2 Å². The number of hydrogen-bond donors (Lipinski definition) is 1. The van der Waals surface area contributed by atoms with E-state index < -0.39 is 0 Å². The van der Waals surface area contributed by atoms with Crippen LogP contribution in [0.2, 0.25) is 0 Å². The van der Waals surface area contributed by atoms with Crippen LogP contribution < -0.4 is 5.32 Å². The Morgan fingerprint density at radius 1 is 1.28 bits per heavy atom. The molecule has 25 heavy (non-hydrogen) atoms. The molecule has 2 aromatic rings. The summed E-state index contributed by atoms with van der Waals surface area (Å²) in [6.45, 7) is 0. The smallest absolute Gasteiger partial charge is 0.225 e. The lowest BCUT2D eigenvalue weighted by Gasteiger charge is -2.21. The second-order valence-corrected chi connectivity index (χ2v) is 7.95. The first-order valence-corrected chi connectivity index (χ1v) is 10.8. The van der Waals surface area contributed by atoms with E-state index in [0.717, 1.165) is 28.6 Å². The Labute approximate surface area is 156 Å². The zero-order chi connectivity index (χ0) is 17.5. The highest BCUT2D eigenvalue weighted by molar-refractivity contribution is 7.99. The molecule has 0 unspecified atom stereocenters. The number of benzene rings is 1. The van der Waals surface area contributed by atoms with Gasteiger partial charge in [-0.3, -0.25) is 4.79 Å². The zero-order valence-electron chi connectivity index (χ0n) is 14.4. The molecular weight excluding hydrogens is 354 g/mol. The van der Waals surface area contributed by atoms with Crippen molar-refractivity contribution >= 4 is 35.1 Å². The van der Waals surface area contributed by atoms with E-state index in [2.05, 4.69) is 20.8 Å². The normalized spacial score (nSPS) is 15.2. The van der Waals surface area contributed by atoms with Crippen molar-refractivity contribution in [1.82, 2.24) is 20.2 Å². The molecule has 3 rings (SSSR count). The van der Waals surface area contributed by atoms with E-state index in [1.807, 2.05) is 35.2 Å². The van der Waals surface area contributed by atoms with Gasteiger partial charge >= 0.3 is 0 Å². The van der Waals surface area contributed by atoms with Crippen LogP contribution in [0.25, 0.3) is 0 Å². The highest BCUT2D eigenvalue weighted by Gasteiger charge is 2.20. The van der Waals surface area contributed by atoms with E-state index in [4.69, 9.17) is 0 Å². The number of para-hydroxylation sites is 1. The van der Waals surface area contributed by atoms with Gasteiger partial charge in [0.2, 0.25) is 11.1 Å². The van der Waals surface area contributed by atoms with E-state index in [-0.39, 0.29) is 5.91 Å². The number of tetrazole rings is 1. The van der Waals surface area contributed by atoms with E-state index >= 15 is 0 Å². The summed E-state index contributed by atoms with van der Waals surface area (Å²) in [6.07, 6.45) is 8.52. The number of nitrogens with one attached hydrogen (secondary N) is 1. The number of carbonyl (C=O) groups excluding carboxylic acids is 1. The van der Waals surface area contributed by atoms with Crippen molar-refractivity contribution in [3.8, 4) is 0 Å². The molecule has 1 aliphatic rings. The predicted molar refractivity (Wildman–Crippen MR) is 102 cm³/mol. The highest BCUT2D eigenvalue weighted by atomic mass is 32.2. The Morgan fingerprint density at radius 2 is 2.08 bits per heavy atom. The molecule has 134 valence electrons. The Hall–Kier alpha value is -1.54. The SMILES string of the molecule is CSc1ccccc1NC(=O)CCSc1nnnn1C1CCCCC1. The van der Waals surface area contributed by atoms with E-state index in [9.17, 15) is 4.79 Å². The quantitative estimate of drug-likeness (QED) is 0.735. The van der Waals surface area contributed by atoms with Crippen molar-refractivity contribution in [2.75, 3.05) is 17.3 Å². The molecule has 1 aromatic heterocycles. The van der Waals surface area contributed by atoms with Crippen molar-refractivity contribution in [1.29, 1.82) is 0 Å². The molecular formula is C17H23N5OS2. The van der Waals surface area contributed by atoms with Crippen LogP contribution in [-0.2, 0) is 4.79 Å². The predicted octanol–water partition coefficient (Wildman–Crippen LogP) is 4.02. The standard InChI is InChI=1S/C17H23N5OS2/c1-24-15-10-6-5-9-14(15)18-16(23)11-12-25-17-19-20-21-22(17)13-7-3-2-4-8-13/h5-6,9-10,13H,2-4,7-8,11-12H2,1H3,(H,18,23). The van der Waals surface area contributed by atoms with Gasteiger partial charge in [0.15, 0.2) is 0 Å². The maximum atomic E-state index is 12.2. The number of hydrogen-bond acceptors (Lipinski definition) is 6. The largest absolute Gasteiger partial charge is 0.325 e. The molecule has 0 atom stereocenters. The summed E-state index contributed by atoms with van der Waals surface area (Å²) in [7, 11) is 0. The third-order valence-corrected chi connectivity index (χ3v) is 6.06. The van der Waals surface area contributed by atoms with Crippen molar-refractivity contribution < 1.29 is 4.79 Å². The maximum absolute atomic E-state index is 12.2. The van der Waals surface area contributed by atoms with Gasteiger partial charge in [-0.05, 0) is 41.7 Å². The van der Waals surface area contributed by atoms with Crippen LogP contribution in [0.3, 0.4) is 0 Å². The van der Waals surface area contributed by atoms with Gasteiger partial charge < -0.3 is 5.32 Å². The van der Waals surface area contributed by atoms with E-state index in [0.29, 0.717) is 18.2 Å². The van der Waals surface area contributed by atoms with Crippen LogP contribution in [0.5, 0.6) is 0 Å². The van der Waals surface area contributed by atoms with Crippen LogP contribution in [-0.4, -0.2) is 38.1 Å². The first-order valence-electron chi connectivity index (χ1n) is 8.61. The molecule has 1 amide bonds. The van der Waals surface area contributed by atoms with Crippen LogP contribution in [0.1, 0.15) is 44.6 Å². The topological polar surface area (TPSA) is 72.7 Å². The summed E-state index contributed by atoms with van der Waals surface area (Å²) in [5.74, 6) is 0.686. The fourth-order valence-corrected chi connectivity index (χ4v) is 4.47. The Kier molecular flexibility index (Phi) is 6.75. The van der Waals surface area contributed by atoms with Crippen molar-refractivity contribution in [3.05, 3.63) is 24.3 Å². The lowest BCUT2D eigenvalue weighted by Crippen LogP contribution is -2.16. The third kappa shape index (κ3) is 4.98. The molecule has 1 saturated carbocycles. The lowest BCUT2D eigenvalue weighted by atomic mass is 9.96. The first-order chi connectivity index (χ1) is 12.3. The van der Waals surface area contributed by atoms with Gasteiger partial charge in [0, 0.05) is 17.1 Å². The Bertz CT molecular complexity index is 700. The lowest BCUT2D eigenvalue weighted by molar-refractivity contribution is -0.115. The van der Waals surface area contributed by atoms with Gasteiger partial charge in [0.05, 0.1) is 11.7 Å². The summed E-state index contributed by atoms with van der Waals surface area (Å²) >= 11 is 3.18. The molecule has 1 N–H and O–H groups in total. The first kappa shape index (κ1) is 18.3. The molecule has 0 spiro atoms. The summed E-state index contributed by atoms with van der Waals surface area (Å²) < 4.78 is 1.95. The third-order valence-electron chi connectivity index (χ3n) is 4.32. The molecule has 1 fully saturated rings. The number of rotatable bonds is 7. The number of nitrogens with zero attached hydrogens (tertiary/aromatic N) is 4. The van der Waals surface area contributed by atoms with Crippen molar-refractivity contribution in [2.24, 2.45) is 0 Å². The monoisotopic (exact) mass is 377 g/mol. The van der Waals surface area contributed by atoms with Crippen molar-refractivity contribution in [2.45, 2.75) is 54.6 Å². The average molecular weight is 378 g/mol. The van der Waals surface area contributed by atoms with Crippen LogP contribution in [0.4, 0.5) is 5.69 Å². The number of thioether (sulfide) groups is 2. The van der Waals surface area contributed by atoms with Gasteiger partial charge in [-0.15, -0.1) is 16.9 Å². The molecule has 0 aliphatic heterocycles. The molecule has 0 saturated heterocycles. The molecule has 1 aromatic carbocycles. The molecule has 8 heteroatoms. The summed E-state index contributed by atoms with van der Waals surface area (Å²) in [6, 6.07) is 8.26. The minimum absolute atomic E-state index is 0.0192. The second kappa shape index (κ2) is 9.24. The molecule has 6 nitrogen and oxygen atoms in total. The molecule has 1 heterocycles. The summed E-state index contributed by atoms with van der Waals surface area (Å²) in [5.41, 5.74) is 0.872. The van der Waals surface area contributed by atoms with Crippen LogP contribution >= 0.6 is 23.5 Å². The summed E-state index contributed by atoms with van der Waals surface area (Å²) in [4.78, 5) is 13.3. The van der Waals surface area contributed by atoms with Gasteiger partial charge in [0.1, 0.15) is 0 Å². The average Bonchev–Trinajstić information content (AvgIpc) is 3.11. The van der Waals surface area contributed by atoms with Gasteiger partial charge in [0.25, 0.3) is 0 Å². The number of amides is 1. The second-order valence-electron chi connectivity index (χ2n) is 6.04. The molecule has 1 aliphatic carbocycles. The fraction of sp³-hybridized carbons (Fsp3) is 0.529. The van der Waals surface area contributed by atoms with Crippen LogP contribution in [0, 0.1) is 0 Å². The molecule has 0 bridgehead atoms. The Morgan fingerprint density at radius 3 is 2.88 bits per heavy atom. The Balaban J connectivity index is 1.50. The summed E-state index contributed by atoms with van der Waals surface area (Å²) in [5, 5.41) is 15.9. The van der Waals surface area contributed by atoms with E-state index in [1.165, 1.54) is 19.3 Å². The maximum Gasteiger partial charge on any atom is 0.225 e. The van der Waals surface area contributed by atoms with Gasteiger partial charge in [-0.25, -0.2) is 4.68 Å².